The van der Waals surface area contributed by atoms with Gasteiger partial charge in [-0.05, 0) is 25.3 Å². The molecule has 2 nitrogen and oxygen atoms in total. The van der Waals surface area contributed by atoms with Crippen LogP contribution < -0.4 is 11.1 Å². The van der Waals surface area contributed by atoms with E-state index in [4.69, 9.17) is 5.73 Å². The van der Waals surface area contributed by atoms with E-state index in [1.54, 1.807) is 0 Å². The molecule has 2 aliphatic rings. The molecule has 3 N–H and O–H groups in total. The molecule has 0 aromatic rings. The van der Waals surface area contributed by atoms with Crippen LogP contribution in [0.15, 0.2) is 0 Å². The lowest BCUT2D eigenvalue weighted by Crippen LogP contribution is -2.54. The highest BCUT2D eigenvalue weighted by molar-refractivity contribution is 5.07. The average molecular weight is 112 g/mol. The average Bonchev–Trinajstić information content (AvgIpc) is 1.94. The van der Waals surface area contributed by atoms with Crippen molar-refractivity contribution in [3.05, 3.63) is 0 Å². The van der Waals surface area contributed by atoms with Gasteiger partial charge in [0.2, 0.25) is 0 Å². The molecule has 2 fully saturated rings. The van der Waals surface area contributed by atoms with Crippen LogP contribution in [-0.2, 0) is 0 Å². The van der Waals surface area contributed by atoms with Crippen molar-refractivity contribution in [3.63, 3.8) is 0 Å². The first-order valence-corrected chi connectivity index (χ1v) is 3.31. The van der Waals surface area contributed by atoms with Gasteiger partial charge in [-0.1, -0.05) is 0 Å². The molecule has 2 unspecified atom stereocenters. The van der Waals surface area contributed by atoms with Crippen LogP contribution >= 0.6 is 0 Å². The minimum atomic E-state index is 0.222. The van der Waals surface area contributed by atoms with E-state index < -0.39 is 0 Å². The quantitative estimate of drug-likeness (QED) is 0.451. The highest BCUT2D eigenvalue weighted by Crippen LogP contribution is 2.38. The van der Waals surface area contributed by atoms with Gasteiger partial charge in [-0.2, -0.15) is 0 Å². The summed E-state index contributed by atoms with van der Waals surface area (Å²) in [5.41, 5.74) is 6.17. The largest absolute Gasteiger partial charge is 0.324 e. The van der Waals surface area contributed by atoms with Gasteiger partial charge in [-0.15, -0.1) is 0 Å². The molecule has 1 aliphatic heterocycles. The van der Waals surface area contributed by atoms with E-state index >= 15 is 0 Å². The van der Waals surface area contributed by atoms with Crippen LogP contribution in [0.4, 0.5) is 0 Å². The molecular weight excluding hydrogens is 100 g/mol. The van der Waals surface area contributed by atoms with Crippen molar-refractivity contribution >= 4 is 0 Å². The van der Waals surface area contributed by atoms with Crippen molar-refractivity contribution < 1.29 is 0 Å². The molecule has 1 saturated carbocycles. The van der Waals surface area contributed by atoms with Crippen LogP contribution in [0.3, 0.4) is 0 Å². The maximum Gasteiger partial charge on any atom is 0.0321 e. The molecule has 1 heterocycles. The lowest BCUT2D eigenvalue weighted by atomic mass is 9.70. The highest BCUT2D eigenvalue weighted by Gasteiger charge is 2.46. The monoisotopic (exact) mass is 112 g/mol. The van der Waals surface area contributed by atoms with Gasteiger partial charge < -0.3 is 11.1 Å². The highest BCUT2D eigenvalue weighted by atomic mass is 15.0. The summed E-state index contributed by atoms with van der Waals surface area (Å²) in [6.07, 6.45) is 2.59. The molecule has 2 heteroatoms. The van der Waals surface area contributed by atoms with Crippen LogP contribution in [0, 0.1) is 5.92 Å². The summed E-state index contributed by atoms with van der Waals surface area (Å²) in [6.45, 7) is 2.22. The smallest absolute Gasteiger partial charge is 0.0321 e. The fraction of sp³-hybridized carbons (Fsp3) is 1.00. The summed E-state index contributed by atoms with van der Waals surface area (Å²) in [4.78, 5) is 0. The molecule has 2 rings (SSSR count). The van der Waals surface area contributed by atoms with E-state index in [1.807, 2.05) is 0 Å². The van der Waals surface area contributed by atoms with Crippen molar-refractivity contribution in [3.8, 4) is 0 Å². The number of hydrogen-bond donors (Lipinski definition) is 2. The zero-order chi connectivity index (χ0) is 5.61. The van der Waals surface area contributed by atoms with E-state index in [0.29, 0.717) is 0 Å². The second-order valence-electron chi connectivity index (χ2n) is 3.10. The van der Waals surface area contributed by atoms with Crippen molar-refractivity contribution in [1.29, 1.82) is 0 Å². The first kappa shape index (κ1) is 4.77. The summed E-state index contributed by atoms with van der Waals surface area (Å²) in [7, 11) is 0. The second-order valence-corrected chi connectivity index (χ2v) is 3.10. The third-order valence-corrected chi connectivity index (χ3v) is 2.62. The maximum atomic E-state index is 5.95. The van der Waals surface area contributed by atoms with Crippen LogP contribution in [-0.4, -0.2) is 18.6 Å². The molecule has 0 bridgehead atoms. The standard InChI is InChI=1S/C6H12N2/c7-6-2-1-5(6)3-8-4-6/h5,8H,1-4,7H2. The van der Waals surface area contributed by atoms with Crippen molar-refractivity contribution in [2.24, 2.45) is 11.7 Å². The lowest BCUT2D eigenvalue weighted by Gasteiger charge is -2.40. The molecule has 46 valence electrons. The van der Waals surface area contributed by atoms with Crippen molar-refractivity contribution in [2.45, 2.75) is 18.4 Å². The van der Waals surface area contributed by atoms with Gasteiger partial charge in [0.25, 0.3) is 0 Å². The van der Waals surface area contributed by atoms with Gasteiger partial charge in [0.15, 0.2) is 0 Å². The van der Waals surface area contributed by atoms with Gasteiger partial charge in [0, 0.05) is 12.1 Å². The Morgan fingerprint density at radius 3 is 2.75 bits per heavy atom. The molecule has 0 aromatic carbocycles. The predicted octanol–water partition coefficient (Wildman–Crippen LogP) is -0.303. The minimum absolute atomic E-state index is 0.222. The van der Waals surface area contributed by atoms with E-state index in [0.717, 1.165) is 19.0 Å². The second kappa shape index (κ2) is 1.25. The van der Waals surface area contributed by atoms with Gasteiger partial charge in [-0.25, -0.2) is 0 Å². The Morgan fingerprint density at radius 1 is 1.62 bits per heavy atom. The topological polar surface area (TPSA) is 38.0 Å². The Kier molecular flexibility index (Phi) is 0.746. The molecule has 1 saturated heterocycles. The van der Waals surface area contributed by atoms with Gasteiger partial charge in [0.05, 0.1) is 0 Å². The van der Waals surface area contributed by atoms with E-state index in [-0.39, 0.29) is 5.54 Å². The molecule has 1 aliphatic carbocycles. The fourth-order valence-corrected chi connectivity index (χ4v) is 1.74. The van der Waals surface area contributed by atoms with Gasteiger partial charge >= 0.3 is 0 Å². The molecule has 8 heavy (non-hydrogen) atoms. The third kappa shape index (κ3) is 0.400. The predicted molar refractivity (Wildman–Crippen MR) is 32.5 cm³/mol. The number of fused-ring (bicyclic) bond motifs is 1. The number of nitrogens with one attached hydrogen (secondary N) is 1. The van der Waals surface area contributed by atoms with E-state index in [2.05, 4.69) is 5.32 Å². The Hall–Kier alpha value is -0.0800. The Bertz CT molecular complexity index is 113. The zero-order valence-electron chi connectivity index (χ0n) is 4.98. The summed E-state index contributed by atoms with van der Waals surface area (Å²) in [6, 6.07) is 0. The zero-order valence-corrected chi connectivity index (χ0v) is 4.98. The number of rotatable bonds is 0. The first-order valence-electron chi connectivity index (χ1n) is 3.31. The third-order valence-electron chi connectivity index (χ3n) is 2.62. The number of nitrogens with two attached hydrogens (primary N) is 1. The molecule has 2 atom stereocenters. The minimum Gasteiger partial charge on any atom is -0.324 e. The number of hydrogen-bond acceptors (Lipinski definition) is 2. The fourth-order valence-electron chi connectivity index (χ4n) is 1.74. The molecule has 0 radical (unpaired) electrons. The summed E-state index contributed by atoms with van der Waals surface area (Å²) in [5.74, 6) is 0.808. The SMILES string of the molecule is NC12CCC1CNC2. The van der Waals surface area contributed by atoms with Crippen LogP contribution in [0.5, 0.6) is 0 Å². The van der Waals surface area contributed by atoms with E-state index in [9.17, 15) is 0 Å². The van der Waals surface area contributed by atoms with Crippen LogP contribution in [0.25, 0.3) is 0 Å². The molecular formula is C6H12N2. The molecule has 0 aromatic heterocycles. The Morgan fingerprint density at radius 2 is 2.50 bits per heavy atom. The lowest BCUT2D eigenvalue weighted by molar-refractivity contribution is 0.189. The first-order chi connectivity index (χ1) is 3.81. The van der Waals surface area contributed by atoms with Crippen molar-refractivity contribution in [1.82, 2.24) is 5.32 Å². The molecule has 0 amide bonds. The van der Waals surface area contributed by atoms with Crippen molar-refractivity contribution in [2.75, 3.05) is 13.1 Å². The summed E-state index contributed by atoms with van der Waals surface area (Å²) in [5, 5.41) is 3.30. The Labute approximate surface area is 49.4 Å². The van der Waals surface area contributed by atoms with Gasteiger partial charge in [0.1, 0.15) is 0 Å². The van der Waals surface area contributed by atoms with Crippen LogP contribution in [0.2, 0.25) is 0 Å². The summed E-state index contributed by atoms with van der Waals surface area (Å²) < 4.78 is 0. The van der Waals surface area contributed by atoms with Gasteiger partial charge in [-0.3, -0.25) is 0 Å². The molecule has 0 spiro atoms. The maximum absolute atomic E-state index is 5.95. The summed E-state index contributed by atoms with van der Waals surface area (Å²) >= 11 is 0. The van der Waals surface area contributed by atoms with Crippen LogP contribution in [0.1, 0.15) is 12.8 Å². The normalized spacial score (nSPS) is 52.9. The Balaban J connectivity index is 2.14. The van der Waals surface area contributed by atoms with E-state index in [1.165, 1.54) is 12.8 Å².